The highest BCUT2D eigenvalue weighted by atomic mass is 19.4. The summed E-state index contributed by atoms with van der Waals surface area (Å²) in [7, 11) is 0. The maximum absolute atomic E-state index is 12.0. The fraction of sp³-hybridized carbons (Fsp3) is 0.636. The highest BCUT2D eigenvalue weighted by Gasteiger charge is 2.26. The largest absolute Gasteiger partial charge is 0.390 e. The van der Waals surface area contributed by atoms with Crippen molar-refractivity contribution in [3.8, 4) is 0 Å². The van der Waals surface area contributed by atoms with E-state index < -0.39 is 12.6 Å². The smallest absolute Gasteiger partial charge is 0.384 e. The number of alkyl halides is 3. The van der Waals surface area contributed by atoms with Crippen LogP contribution in [-0.4, -0.2) is 22.7 Å². The van der Waals surface area contributed by atoms with Crippen LogP contribution in [0.25, 0.3) is 0 Å². The maximum Gasteiger partial charge on any atom is 0.390 e. The zero-order valence-corrected chi connectivity index (χ0v) is 10.6. The third kappa shape index (κ3) is 4.77. The molecule has 0 radical (unpaired) electrons. The highest BCUT2D eigenvalue weighted by Crippen LogP contribution is 2.22. The van der Waals surface area contributed by atoms with Crippen LogP contribution in [-0.2, 0) is 5.41 Å². The second-order valence-electron chi connectivity index (χ2n) is 5.04. The van der Waals surface area contributed by atoms with Gasteiger partial charge in [0.2, 0.25) is 0 Å². The number of nitrogens with zero attached hydrogens (tertiary/aromatic N) is 2. The Hall–Kier alpha value is -1.53. The number of nitrogens with two attached hydrogens (primary N) is 1. The van der Waals surface area contributed by atoms with Gasteiger partial charge in [0.15, 0.2) is 0 Å². The molecule has 0 saturated carbocycles. The molecule has 0 aliphatic heterocycles. The van der Waals surface area contributed by atoms with Crippen molar-refractivity contribution >= 4 is 11.6 Å². The monoisotopic (exact) mass is 262 g/mol. The molecule has 7 heteroatoms. The van der Waals surface area contributed by atoms with Crippen molar-refractivity contribution in [2.24, 2.45) is 0 Å². The minimum absolute atomic E-state index is 0.233. The van der Waals surface area contributed by atoms with Gasteiger partial charge in [0, 0.05) is 18.0 Å². The fourth-order valence-electron chi connectivity index (χ4n) is 1.22. The molecule has 0 bridgehead atoms. The van der Waals surface area contributed by atoms with Crippen LogP contribution in [0.2, 0.25) is 0 Å². The second-order valence-corrected chi connectivity index (χ2v) is 5.04. The zero-order chi connectivity index (χ0) is 14.0. The summed E-state index contributed by atoms with van der Waals surface area (Å²) in [6.45, 7) is 5.48. The van der Waals surface area contributed by atoms with Gasteiger partial charge in [-0.1, -0.05) is 20.8 Å². The van der Waals surface area contributed by atoms with Crippen molar-refractivity contribution in [1.82, 2.24) is 9.97 Å². The molecule has 1 heterocycles. The average Bonchev–Trinajstić information content (AvgIpc) is 2.13. The second kappa shape index (κ2) is 4.99. The predicted octanol–water partition coefficient (Wildman–Crippen LogP) is 2.72. The van der Waals surface area contributed by atoms with Gasteiger partial charge >= 0.3 is 6.18 Å². The van der Waals surface area contributed by atoms with Crippen molar-refractivity contribution in [2.75, 3.05) is 17.6 Å². The number of hydrogen-bond donors (Lipinski definition) is 2. The Labute approximate surface area is 104 Å². The molecule has 0 fully saturated rings. The van der Waals surface area contributed by atoms with E-state index in [2.05, 4.69) is 15.3 Å². The number of nitrogen functional groups attached to an aromatic ring is 1. The third-order valence-corrected chi connectivity index (χ3v) is 2.13. The molecule has 1 rings (SSSR count). The minimum atomic E-state index is -4.18. The van der Waals surface area contributed by atoms with Crippen LogP contribution in [0.5, 0.6) is 0 Å². The van der Waals surface area contributed by atoms with Gasteiger partial charge in [0.25, 0.3) is 0 Å². The van der Waals surface area contributed by atoms with Crippen molar-refractivity contribution in [2.45, 2.75) is 38.8 Å². The predicted molar refractivity (Wildman–Crippen MR) is 64.3 cm³/mol. The molecule has 18 heavy (non-hydrogen) atoms. The van der Waals surface area contributed by atoms with E-state index in [1.54, 1.807) is 0 Å². The molecule has 0 amide bonds. The first-order chi connectivity index (χ1) is 8.08. The molecule has 4 nitrogen and oxygen atoms in total. The van der Waals surface area contributed by atoms with Crippen LogP contribution >= 0.6 is 0 Å². The van der Waals surface area contributed by atoms with E-state index in [0.29, 0.717) is 11.6 Å². The van der Waals surface area contributed by atoms with E-state index >= 15 is 0 Å². The van der Waals surface area contributed by atoms with Crippen molar-refractivity contribution in [3.63, 3.8) is 0 Å². The molecule has 1 aromatic heterocycles. The van der Waals surface area contributed by atoms with E-state index in [1.807, 2.05) is 20.8 Å². The summed E-state index contributed by atoms with van der Waals surface area (Å²) in [5.74, 6) is 1.05. The molecule has 0 unspecified atom stereocenters. The molecule has 0 aromatic carbocycles. The van der Waals surface area contributed by atoms with Crippen LogP contribution in [0.15, 0.2) is 6.07 Å². The highest BCUT2D eigenvalue weighted by molar-refractivity contribution is 5.45. The molecule has 3 N–H and O–H groups in total. The molecular weight excluding hydrogens is 245 g/mol. The molecule has 0 atom stereocenters. The normalized spacial score (nSPS) is 12.6. The van der Waals surface area contributed by atoms with Gasteiger partial charge in [-0.3, -0.25) is 0 Å². The van der Waals surface area contributed by atoms with Crippen LogP contribution < -0.4 is 11.1 Å². The van der Waals surface area contributed by atoms with Gasteiger partial charge < -0.3 is 11.1 Å². The number of anilines is 2. The summed E-state index contributed by atoms with van der Waals surface area (Å²) < 4.78 is 36.0. The maximum atomic E-state index is 12.0. The van der Waals surface area contributed by atoms with Crippen molar-refractivity contribution in [1.29, 1.82) is 0 Å². The Balaban J connectivity index is 2.75. The van der Waals surface area contributed by atoms with Crippen molar-refractivity contribution < 1.29 is 13.2 Å². The quantitative estimate of drug-likeness (QED) is 0.879. The van der Waals surface area contributed by atoms with E-state index in [4.69, 9.17) is 5.73 Å². The number of hydrogen-bond acceptors (Lipinski definition) is 4. The molecule has 0 saturated heterocycles. The van der Waals surface area contributed by atoms with Gasteiger partial charge in [0.1, 0.15) is 17.5 Å². The lowest BCUT2D eigenvalue weighted by Gasteiger charge is -2.18. The third-order valence-electron chi connectivity index (χ3n) is 2.13. The van der Waals surface area contributed by atoms with E-state index in [9.17, 15) is 13.2 Å². The topological polar surface area (TPSA) is 63.8 Å². The standard InChI is InChI=1S/C11H17F3N4/c1-10(2,3)9-17-7(15)6-8(18-9)16-5-4-11(12,13)14/h6H,4-5H2,1-3H3,(H3,15,16,17,18). The molecule has 102 valence electrons. The van der Waals surface area contributed by atoms with E-state index in [-0.39, 0.29) is 17.8 Å². The Morgan fingerprint density at radius 3 is 2.33 bits per heavy atom. The van der Waals surface area contributed by atoms with Crippen LogP contribution in [0, 0.1) is 0 Å². The Morgan fingerprint density at radius 1 is 1.22 bits per heavy atom. The number of halogens is 3. The fourth-order valence-corrected chi connectivity index (χ4v) is 1.22. The number of rotatable bonds is 3. The zero-order valence-electron chi connectivity index (χ0n) is 10.6. The summed E-state index contributed by atoms with van der Waals surface area (Å²) in [5, 5.41) is 2.60. The summed E-state index contributed by atoms with van der Waals surface area (Å²) in [5.41, 5.74) is 5.29. The summed E-state index contributed by atoms with van der Waals surface area (Å²) in [4.78, 5) is 8.22. The number of aromatic nitrogens is 2. The van der Waals surface area contributed by atoms with Gasteiger partial charge in [-0.05, 0) is 0 Å². The first-order valence-corrected chi connectivity index (χ1v) is 5.53. The van der Waals surface area contributed by atoms with Gasteiger partial charge in [-0.2, -0.15) is 13.2 Å². The molecule has 0 spiro atoms. The lowest BCUT2D eigenvalue weighted by atomic mass is 9.96. The Bertz CT molecular complexity index is 410. The van der Waals surface area contributed by atoms with Gasteiger partial charge in [0.05, 0.1) is 6.42 Å². The average molecular weight is 262 g/mol. The first kappa shape index (κ1) is 14.5. The SMILES string of the molecule is CC(C)(C)c1nc(N)cc(NCCC(F)(F)F)n1. The van der Waals surface area contributed by atoms with Crippen LogP contribution in [0.3, 0.4) is 0 Å². The molecule has 0 aliphatic rings. The number of nitrogens with one attached hydrogen (secondary N) is 1. The Morgan fingerprint density at radius 2 is 1.83 bits per heavy atom. The van der Waals surface area contributed by atoms with Crippen molar-refractivity contribution in [3.05, 3.63) is 11.9 Å². The van der Waals surface area contributed by atoms with Crippen LogP contribution in [0.4, 0.5) is 24.8 Å². The molecule has 0 aliphatic carbocycles. The molecular formula is C11H17F3N4. The summed E-state index contributed by atoms with van der Waals surface area (Å²) in [6, 6.07) is 1.42. The molecule has 1 aromatic rings. The summed E-state index contributed by atoms with van der Waals surface area (Å²) >= 11 is 0. The van der Waals surface area contributed by atoms with E-state index in [0.717, 1.165) is 0 Å². The van der Waals surface area contributed by atoms with Gasteiger partial charge in [-0.25, -0.2) is 9.97 Å². The van der Waals surface area contributed by atoms with Gasteiger partial charge in [-0.15, -0.1) is 0 Å². The van der Waals surface area contributed by atoms with E-state index in [1.165, 1.54) is 6.07 Å². The first-order valence-electron chi connectivity index (χ1n) is 5.53. The lowest BCUT2D eigenvalue weighted by molar-refractivity contribution is -0.131. The Kier molecular flexibility index (Phi) is 4.03. The lowest BCUT2D eigenvalue weighted by Crippen LogP contribution is -2.19. The summed E-state index contributed by atoms with van der Waals surface area (Å²) in [6.07, 6.45) is -5.10. The van der Waals surface area contributed by atoms with Crippen LogP contribution in [0.1, 0.15) is 33.0 Å². The minimum Gasteiger partial charge on any atom is -0.384 e.